The summed E-state index contributed by atoms with van der Waals surface area (Å²) in [4.78, 5) is 19.6. The van der Waals surface area contributed by atoms with Crippen molar-refractivity contribution in [2.75, 3.05) is 19.8 Å². The van der Waals surface area contributed by atoms with Gasteiger partial charge in [0.15, 0.2) is 0 Å². The van der Waals surface area contributed by atoms with Gasteiger partial charge in [-0.25, -0.2) is 4.98 Å². The molecule has 1 amide bonds. The molecule has 6 nitrogen and oxygen atoms in total. The summed E-state index contributed by atoms with van der Waals surface area (Å²) in [5, 5.41) is 2.08. The maximum atomic E-state index is 13.6. The van der Waals surface area contributed by atoms with Gasteiger partial charge < -0.3 is 21.1 Å². The molecule has 2 heterocycles. The quantitative estimate of drug-likeness (QED) is 0.271. The number of amides is 1. The molecule has 4 aromatic rings. The van der Waals surface area contributed by atoms with Crippen LogP contribution in [0.3, 0.4) is 0 Å². The molecule has 1 atom stereocenters. The molecule has 0 fully saturated rings. The summed E-state index contributed by atoms with van der Waals surface area (Å²) in [5.74, 6) is -0.463. The van der Waals surface area contributed by atoms with E-state index in [1.165, 1.54) is 36.8 Å². The number of alkyl halides is 3. The molecule has 0 spiro atoms. The molecule has 0 saturated carbocycles. The first-order chi connectivity index (χ1) is 17.9. The zero-order valence-electron chi connectivity index (χ0n) is 21.0. The van der Waals surface area contributed by atoms with Crippen LogP contribution in [0.4, 0.5) is 19.0 Å². The number of pyridine rings is 1. The van der Waals surface area contributed by atoms with Gasteiger partial charge in [-0.05, 0) is 67.9 Å². The van der Waals surface area contributed by atoms with Crippen LogP contribution in [0.15, 0.2) is 66.2 Å². The Morgan fingerprint density at radius 3 is 2.53 bits per heavy atom. The average Bonchev–Trinajstić information content (AvgIpc) is 3.31. The van der Waals surface area contributed by atoms with Crippen molar-refractivity contribution in [1.29, 1.82) is 0 Å². The fourth-order valence-corrected chi connectivity index (χ4v) is 5.06. The molecule has 10 heteroatoms. The third-order valence-corrected chi connectivity index (χ3v) is 6.95. The van der Waals surface area contributed by atoms with E-state index in [0.29, 0.717) is 11.1 Å². The van der Waals surface area contributed by atoms with E-state index in [4.69, 9.17) is 16.2 Å². The van der Waals surface area contributed by atoms with Crippen LogP contribution >= 0.6 is 11.3 Å². The van der Waals surface area contributed by atoms with E-state index in [2.05, 4.69) is 21.3 Å². The SMILES string of the molecule is CC(Oc1cc(-c2cc(-c3cc(CN(C)C)cs3)cnc2N)ccc1C(N)=O)c1ccccc1C(F)(F)F. The highest BCUT2D eigenvalue weighted by Crippen LogP contribution is 2.38. The monoisotopic (exact) mass is 540 g/mol. The Bertz CT molecular complexity index is 1470. The molecule has 0 aliphatic rings. The number of hydrogen-bond acceptors (Lipinski definition) is 6. The summed E-state index contributed by atoms with van der Waals surface area (Å²) in [7, 11) is 4.00. The van der Waals surface area contributed by atoms with E-state index >= 15 is 0 Å². The van der Waals surface area contributed by atoms with E-state index in [9.17, 15) is 18.0 Å². The normalized spacial score (nSPS) is 12.5. The number of nitrogens with two attached hydrogens (primary N) is 2. The summed E-state index contributed by atoms with van der Waals surface area (Å²) in [5.41, 5.74) is 14.1. The van der Waals surface area contributed by atoms with Crippen molar-refractivity contribution in [3.05, 3.63) is 88.4 Å². The molecule has 0 aliphatic heterocycles. The van der Waals surface area contributed by atoms with Crippen molar-refractivity contribution in [3.8, 4) is 27.3 Å². The van der Waals surface area contributed by atoms with Gasteiger partial charge in [0.25, 0.3) is 5.91 Å². The molecule has 0 aliphatic carbocycles. The molecule has 2 aromatic heterocycles. The molecular formula is C28H27F3N4O2S. The second kappa shape index (κ2) is 10.8. The summed E-state index contributed by atoms with van der Waals surface area (Å²) in [6.07, 6.45) is -3.89. The van der Waals surface area contributed by atoms with Crippen LogP contribution in [0.1, 0.15) is 40.1 Å². The number of nitrogens with zero attached hydrogens (tertiary/aromatic N) is 2. The van der Waals surface area contributed by atoms with Crippen molar-refractivity contribution < 1.29 is 22.7 Å². The van der Waals surface area contributed by atoms with Gasteiger partial charge in [-0.2, -0.15) is 13.2 Å². The first-order valence-corrected chi connectivity index (χ1v) is 12.6. The minimum atomic E-state index is -4.56. The Labute approximate surface area is 222 Å². The molecule has 198 valence electrons. The van der Waals surface area contributed by atoms with Crippen molar-refractivity contribution >= 4 is 23.1 Å². The second-order valence-corrected chi connectivity index (χ2v) is 10.0. The predicted molar refractivity (Wildman–Crippen MR) is 144 cm³/mol. The molecule has 0 saturated heterocycles. The maximum Gasteiger partial charge on any atom is 0.416 e. The number of rotatable bonds is 8. The molecule has 4 N–H and O–H groups in total. The lowest BCUT2D eigenvalue weighted by molar-refractivity contribution is -0.139. The van der Waals surface area contributed by atoms with Gasteiger partial charge in [0, 0.05) is 34.3 Å². The van der Waals surface area contributed by atoms with Crippen molar-refractivity contribution in [2.24, 2.45) is 5.73 Å². The standard InChI is InChI=1S/C28H27F3N4O2S/c1-16(20-6-4-5-7-23(20)28(29,30)31)37-24-12-18(8-9-21(24)27(33)36)22-11-19(13-34-26(22)32)25-10-17(15-38-25)14-35(2)3/h4-13,15-16H,14H2,1-3H3,(H2,32,34)(H2,33,36). The van der Waals surface area contributed by atoms with Gasteiger partial charge in [-0.3, -0.25) is 4.79 Å². The number of carbonyl (C=O) groups excluding carboxylic acids is 1. The van der Waals surface area contributed by atoms with Crippen LogP contribution in [-0.4, -0.2) is 29.9 Å². The highest BCUT2D eigenvalue weighted by Gasteiger charge is 2.34. The van der Waals surface area contributed by atoms with Crippen molar-refractivity contribution in [2.45, 2.75) is 25.7 Å². The highest BCUT2D eigenvalue weighted by atomic mass is 32.1. The first kappa shape index (κ1) is 27.2. The number of nitrogen functional groups attached to an aromatic ring is 1. The summed E-state index contributed by atoms with van der Waals surface area (Å²) >= 11 is 1.59. The fraction of sp³-hybridized carbons (Fsp3) is 0.214. The van der Waals surface area contributed by atoms with Gasteiger partial charge in [0.2, 0.25) is 0 Å². The largest absolute Gasteiger partial charge is 0.485 e. The number of halogens is 3. The number of aromatic nitrogens is 1. The fourth-order valence-electron chi connectivity index (χ4n) is 4.17. The van der Waals surface area contributed by atoms with Gasteiger partial charge in [-0.15, -0.1) is 11.3 Å². The van der Waals surface area contributed by atoms with Crippen molar-refractivity contribution in [3.63, 3.8) is 0 Å². The smallest absolute Gasteiger partial charge is 0.416 e. The Kier molecular flexibility index (Phi) is 7.75. The first-order valence-electron chi connectivity index (χ1n) is 11.7. The van der Waals surface area contributed by atoms with Crippen molar-refractivity contribution in [1.82, 2.24) is 9.88 Å². The lowest BCUT2D eigenvalue weighted by Gasteiger charge is -2.21. The van der Waals surface area contributed by atoms with E-state index < -0.39 is 23.8 Å². The molecule has 0 bridgehead atoms. The molecular weight excluding hydrogens is 513 g/mol. The molecule has 0 radical (unpaired) electrons. The van der Waals surface area contributed by atoms with Crippen LogP contribution < -0.4 is 16.2 Å². The number of ether oxygens (including phenoxy) is 1. The Morgan fingerprint density at radius 1 is 1.11 bits per heavy atom. The minimum absolute atomic E-state index is 0.0411. The Hall–Kier alpha value is -3.89. The van der Waals surface area contributed by atoms with Crippen LogP contribution in [0.25, 0.3) is 21.6 Å². The lowest BCUT2D eigenvalue weighted by atomic mass is 10.0. The highest BCUT2D eigenvalue weighted by molar-refractivity contribution is 7.13. The summed E-state index contributed by atoms with van der Waals surface area (Å²) < 4.78 is 46.6. The van der Waals surface area contributed by atoms with E-state index in [1.54, 1.807) is 29.7 Å². The number of benzene rings is 2. The number of carbonyl (C=O) groups is 1. The van der Waals surface area contributed by atoms with Crippen LogP contribution in [-0.2, 0) is 12.7 Å². The van der Waals surface area contributed by atoms with Gasteiger partial charge in [-0.1, -0.05) is 24.3 Å². The molecule has 2 aromatic carbocycles. The van der Waals surface area contributed by atoms with E-state index in [-0.39, 0.29) is 22.7 Å². The lowest BCUT2D eigenvalue weighted by Crippen LogP contribution is -2.17. The minimum Gasteiger partial charge on any atom is -0.485 e. The molecule has 1 unspecified atom stereocenters. The zero-order valence-corrected chi connectivity index (χ0v) is 21.9. The summed E-state index contributed by atoms with van der Waals surface area (Å²) in [6, 6.07) is 13.8. The zero-order chi connectivity index (χ0) is 27.6. The summed E-state index contributed by atoms with van der Waals surface area (Å²) in [6.45, 7) is 2.29. The third-order valence-electron chi connectivity index (χ3n) is 5.92. The predicted octanol–water partition coefficient (Wildman–Crippen LogP) is 6.38. The second-order valence-electron chi connectivity index (χ2n) is 9.13. The number of hydrogen-bond donors (Lipinski definition) is 2. The van der Waals surface area contributed by atoms with Gasteiger partial charge >= 0.3 is 6.18 Å². The van der Waals surface area contributed by atoms with Crippen LogP contribution in [0.2, 0.25) is 0 Å². The van der Waals surface area contributed by atoms with Crippen LogP contribution in [0, 0.1) is 0 Å². The molecule has 4 rings (SSSR count). The average molecular weight is 541 g/mol. The van der Waals surface area contributed by atoms with Crippen LogP contribution in [0.5, 0.6) is 5.75 Å². The topological polar surface area (TPSA) is 94.5 Å². The number of primary amides is 1. The van der Waals surface area contributed by atoms with E-state index in [1.807, 2.05) is 20.2 Å². The maximum absolute atomic E-state index is 13.6. The number of thiophene rings is 1. The number of anilines is 1. The van der Waals surface area contributed by atoms with Gasteiger partial charge in [0.1, 0.15) is 17.7 Å². The Balaban J connectivity index is 1.72. The Morgan fingerprint density at radius 2 is 1.84 bits per heavy atom. The third kappa shape index (κ3) is 5.98. The van der Waals surface area contributed by atoms with Gasteiger partial charge in [0.05, 0.1) is 11.1 Å². The molecule has 38 heavy (non-hydrogen) atoms. The van der Waals surface area contributed by atoms with E-state index in [0.717, 1.165) is 23.1 Å².